The molecular weight excluding hydrogens is 232 g/mol. The van der Waals surface area contributed by atoms with Crippen LogP contribution in [0.25, 0.3) is 21.9 Å². The highest BCUT2D eigenvalue weighted by Gasteiger charge is 2.14. The summed E-state index contributed by atoms with van der Waals surface area (Å²) in [6.45, 7) is 1.97. The fraction of sp³-hybridized carbons (Fsp3) is 0.167. The molecule has 0 aliphatic carbocycles. The van der Waals surface area contributed by atoms with Gasteiger partial charge < -0.3 is 15.4 Å². The Kier molecular flexibility index (Phi) is 1.92. The molecule has 0 aliphatic rings. The van der Waals surface area contributed by atoms with Gasteiger partial charge in [-0.15, -0.1) is 0 Å². The van der Waals surface area contributed by atoms with Crippen molar-refractivity contribution in [1.29, 1.82) is 0 Å². The lowest BCUT2D eigenvalue weighted by Crippen LogP contribution is -2.40. The monoisotopic (exact) mass is 244 g/mol. The van der Waals surface area contributed by atoms with Crippen molar-refractivity contribution in [3.05, 3.63) is 44.6 Å². The van der Waals surface area contributed by atoms with Gasteiger partial charge in [-0.2, -0.15) is 4.68 Å². The first kappa shape index (κ1) is 10.6. The predicted molar refractivity (Wildman–Crippen MR) is 70.2 cm³/mol. The van der Waals surface area contributed by atoms with Crippen molar-refractivity contribution in [3.63, 3.8) is 0 Å². The van der Waals surface area contributed by atoms with Gasteiger partial charge in [0.2, 0.25) is 0 Å². The second-order valence-corrected chi connectivity index (χ2v) is 4.41. The molecule has 2 aromatic heterocycles. The van der Waals surface area contributed by atoms with Gasteiger partial charge in [-0.1, -0.05) is 12.1 Å². The zero-order chi connectivity index (χ0) is 13.0. The van der Waals surface area contributed by atoms with Crippen LogP contribution in [0.3, 0.4) is 0 Å². The van der Waals surface area contributed by atoms with E-state index in [0.29, 0.717) is 15.7 Å². The molecule has 0 atom stereocenters. The maximum absolute atomic E-state index is 12.0. The molecule has 0 unspecified atom stereocenters. The quantitative estimate of drug-likeness (QED) is 0.554. The van der Waals surface area contributed by atoms with E-state index in [0.717, 1.165) is 16.5 Å². The molecule has 6 heteroatoms. The molecule has 0 radical (unpaired) electrons. The summed E-state index contributed by atoms with van der Waals surface area (Å²) in [4.78, 5) is 26.2. The number of rotatable bonds is 0. The van der Waals surface area contributed by atoms with Crippen LogP contribution in [0.4, 0.5) is 0 Å². The van der Waals surface area contributed by atoms with Gasteiger partial charge in [-0.3, -0.25) is 4.79 Å². The number of aromatic amines is 1. The SMILES string of the molecule is Cc1ccc2c3[nH]c(=O)n(N)c(=O)c3n(C)c2c1. The van der Waals surface area contributed by atoms with Crippen LogP contribution in [0, 0.1) is 6.92 Å². The van der Waals surface area contributed by atoms with Crippen LogP contribution in [-0.2, 0) is 7.05 Å². The van der Waals surface area contributed by atoms with Crippen LogP contribution >= 0.6 is 0 Å². The summed E-state index contributed by atoms with van der Waals surface area (Å²) < 4.78 is 2.34. The average Bonchev–Trinajstić information content (AvgIpc) is 2.60. The van der Waals surface area contributed by atoms with Crippen LogP contribution in [0.15, 0.2) is 27.8 Å². The van der Waals surface area contributed by atoms with E-state index in [1.165, 1.54) is 0 Å². The van der Waals surface area contributed by atoms with E-state index in [4.69, 9.17) is 5.84 Å². The number of hydrogen-bond acceptors (Lipinski definition) is 3. The highest BCUT2D eigenvalue weighted by Crippen LogP contribution is 2.24. The number of hydrogen-bond donors (Lipinski definition) is 2. The Hall–Kier alpha value is -2.50. The van der Waals surface area contributed by atoms with Crippen LogP contribution in [0.5, 0.6) is 0 Å². The van der Waals surface area contributed by atoms with E-state index in [2.05, 4.69) is 4.98 Å². The zero-order valence-corrected chi connectivity index (χ0v) is 10.0. The minimum Gasteiger partial charge on any atom is -0.338 e. The Morgan fingerprint density at radius 2 is 2.00 bits per heavy atom. The highest BCUT2D eigenvalue weighted by molar-refractivity contribution is 6.05. The third kappa shape index (κ3) is 1.17. The van der Waals surface area contributed by atoms with Crippen LogP contribution in [0.1, 0.15) is 5.56 Å². The van der Waals surface area contributed by atoms with Crippen molar-refractivity contribution >= 4 is 21.9 Å². The summed E-state index contributed by atoms with van der Waals surface area (Å²) in [6, 6.07) is 5.80. The van der Waals surface area contributed by atoms with Crippen molar-refractivity contribution in [3.8, 4) is 0 Å². The maximum atomic E-state index is 12.0. The predicted octanol–water partition coefficient (Wildman–Crippen LogP) is 0.204. The summed E-state index contributed by atoms with van der Waals surface area (Å²) in [5, 5.41) is 0.841. The molecule has 0 amide bonds. The molecule has 0 saturated carbocycles. The van der Waals surface area contributed by atoms with Gasteiger partial charge in [0.1, 0.15) is 5.52 Å². The average molecular weight is 244 g/mol. The number of aromatic nitrogens is 3. The number of nitrogens with two attached hydrogens (primary N) is 1. The molecule has 3 N–H and O–H groups in total. The van der Waals surface area contributed by atoms with Crippen molar-refractivity contribution in [2.45, 2.75) is 6.92 Å². The lowest BCUT2D eigenvalue weighted by molar-refractivity contribution is 0.842. The Balaban J connectivity index is 2.73. The molecule has 0 aliphatic heterocycles. The number of H-pyrrole nitrogens is 1. The van der Waals surface area contributed by atoms with Crippen molar-refractivity contribution in [1.82, 2.24) is 14.2 Å². The molecule has 92 valence electrons. The third-order valence-electron chi connectivity index (χ3n) is 3.23. The fourth-order valence-electron chi connectivity index (χ4n) is 2.30. The second kappa shape index (κ2) is 3.25. The topological polar surface area (TPSA) is 85.8 Å². The molecule has 18 heavy (non-hydrogen) atoms. The molecule has 1 aromatic carbocycles. The van der Waals surface area contributed by atoms with Crippen molar-refractivity contribution in [2.75, 3.05) is 5.84 Å². The van der Waals surface area contributed by atoms with Gasteiger partial charge in [-0.05, 0) is 18.6 Å². The van der Waals surface area contributed by atoms with Gasteiger partial charge in [0.25, 0.3) is 5.56 Å². The molecule has 0 saturated heterocycles. The lowest BCUT2D eigenvalue weighted by atomic mass is 10.2. The van der Waals surface area contributed by atoms with Crippen LogP contribution in [0.2, 0.25) is 0 Å². The molecule has 3 rings (SSSR count). The Morgan fingerprint density at radius 3 is 2.72 bits per heavy atom. The Morgan fingerprint density at radius 1 is 1.28 bits per heavy atom. The molecule has 0 bridgehead atoms. The minimum atomic E-state index is -0.611. The number of fused-ring (bicyclic) bond motifs is 3. The van der Waals surface area contributed by atoms with Crippen LogP contribution < -0.4 is 17.1 Å². The fourth-order valence-corrected chi connectivity index (χ4v) is 2.30. The van der Waals surface area contributed by atoms with E-state index in [1.807, 2.05) is 25.1 Å². The third-order valence-corrected chi connectivity index (χ3v) is 3.23. The largest absolute Gasteiger partial charge is 0.347 e. The first-order chi connectivity index (χ1) is 8.50. The van der Waals surface area contributed by atoms with Gasteiger partial charge >= 0.3 is 5.69 Å². The molecule has 2 heterocycles. The number of nitrogens with one attached hydrogen (secondary N) is 1. The van der Waals surface area contributed by atoms with Gasteiger partial charge in [0, 0.05) is 12.4 Å². The lowest BCUT2D eigenvalue weighted by Gasteiger charge is -1.99. The number of nitrogens with zero attached hydrogens (tertiary/aromatic N) is 2. The van der Waals surface area contributed by atoms with Gasteiger partial charge in [0.05, 0.1) is 11.0 Å². The van der Waals surface area contributed by atoms with E-state index in [1.54, 1.807) is 11.6 Å². The van der Waals surface area contributed by atoms with E-state index in [-0.39, 0.29) is 0 Å². The summed E-state index contributed by atoms with van der Waals surface area (Å²) in [6.07, 6.45) is 0. The molecule has 6 nitrogen and oxygen atoms in total. The highest BCUT2D eigenvalue weighted by atomic mass is 16.2. The zero-order valence-electron chi connectivity index (χ0n) is 10.0. The molecule has 0 fully saturated rings. The summed E-state index contributed by atoms with van der Waals surface area (Å²) in [5.41, 5.74) is 1.81. The van der Waals surface area contributed by atoms with Crippen LogP contribution in [-0.4, -0.2) is 14.2 Å². The molecule has 3 aromatic rings. The van der Waals surface area contributed by atoms with Crippen molar-refractivity contribution in [2.24, 2.45) is 7.05 Å². The first-order valence-electron chi connectivity index (χ1n) is 5.50. The second-order valence-electron chi connectivity index (χ2n) is 4.41. The summed E-state index contributed by atoms with van der Waals surface area (Å²) >= 11 is 0. The van der Waals surface area contributed by atoms with E-state index >= 15 is 0 Å². The summed E-state index contributed by atoms with van der Waals surface area (Å²) in [5.74, 6) is 5.42. The van der Waals surface area contributed by atoms with E-state index in [9.17, 15) is 9.59 Å². The van der Waals surface area contributed by atoms with Gasteiger partial charge in [0.15, 0.2) is 0 Å². The summed E-state index contributed by atoms with van der Waals surface area (Å²) in [7, 11) is 1.78. The van der Waals surface area contributed by atoms with Gasteiger partial charge in [-0.25, -0.2) is 4.79 Å². The minimum absolute atomic E-state index is 0.401. The normalized spacial score (nSPS) is 11.4. The molecular formula is C12H12N4O2. The Bertz CT molecular complexity index is 898. The smallest absolute Gasteiger partial charge is 0.338 e. The van der Waals surface area contributed by atoms with E-state index < -0.39 is 11.2 Å². The van der Waals surface area contributed by atoms with Crippen molar-refractivity contribution < 1.29 is 0 Å². The number of aryl methyl sites for hydroxylation is 2. The first-order valence-corrected chi connectivity index (χ1v) is 5.50. The Labute approximate surface area is 101 Å². The standard InChI is InChI=1S/C12H12N4O2/c1-6-3-4-7-8(5-6)15(2)10-9(7)14-12(18)16(13)11(10)17/h3-5H,13H2,1-2H3,(H,14,18). The maximum Gasteiger partial charge on any atom is 0.347 e. The number of nitrogen functional groups attached to an aromatic ring is 1. The molecule has 0 spiro atoms. The number of benzene rings is 1.